The number of piperidine rings is 1. The predicted molar refractivity (Wildman–Crippen MR) is 62.7 cm³/mol. The predicted octanol–water partition coefficient (Wildman–Crippen LogP) is 1.96. The lowest BCUT2D eigenvalue weighted by Crippen LogP contribution is -2.34. The van der Waals surface area contributed by atoms with Gasteiger partial charge in [0.05, 0.1) is 0 Å². The zero-order valence-electron chi connectivity index (χ0n) is 8.23. The number of rotatable bonds is 2. The van der Waals surface area contributed by atoms with E-state index in [9.17, 15) is 4.79 Å². The van der Waals surface area contributed by atoms with Gasteiger partial charge in [-0.3, -0.25) is 4.79 Å². The Kier molecular flexibility index (Phi) is 4.68. The van der Waals surface area contributed by atoms with Crippen LogP contribution < -0.4 is 0 Å². The lowest BCUT2D eigenvalue weighted by molar-refractivity contribution is -0.136. The summed E-state index contributed by atoms with van der Waals surface area (Å²) in [7, 11) is 0. The van der Waals surface area contributed by atoms with Crippen molar-refractivity contribution in [2.24, 2.45) is 0 Å². The maximum absolute atomic E-state index is 10.6. The van der Waals surface area contributed by atoms with Crippen LogP contribution in [0.15, 0.2) is 0 Å². The number of carbonyl (C=O) groups is 1. The zero-order valence-corrected chi connectivity index (χ0v) is 9.87. The van der Waals surface area contributed by atoms with Crippen LogP contribution in [0.1, 0.15) is 26.2 Å². The Balaban J connectivity index is 2.36. The van der Waals surface area contributed by atoms with Gasteiger partial charge in [0, 0.05) is 13.1 Å². The second-order valence-electron chi connectivity index (χ2n) is 3.41. The summed E-state index contributed by atoms with van der Waals surface area (Å²) in [5.41, 5.74) is 0. The number of hydrogen-bond acceptors (Lipinski definition) is 3. The van der Waals surface area contributed by atoms with Crippen LogP contribution in [0.3, 0.4) is 0 Å². The molecule has 0 bridgehead atoms. The highest BCUT2D eigenvalue weighted by Crippen LogP contribution is 2.19. The van der Waals surface area contributed by atoms with E-state index in [4.69, 9.17) is 17.3 Å². The van der Waals surface area contributed by atoms with Gasteiger partial charge < -0.3 is 10.0 Å². The van der Waals surface area contributed by atoms with E-state index < -0.39 is 11.2 Å². The van der Waals surface area contributed by atoms with Crippen LogP contribution in [-0.2, 0) is 4.79 Å². The van der Waals surface area contributed by atoms with E-state index in [-0.39, 0.29) is 0 Å². The van der Waals surface area contributed by atoms with Crippen LogP contribution in [0.2, 0.25) is 0 Å². The zero-order chi connectivity index (χ0) is 10.6. The molecule has 1 aliphatic rings. The Hall–Kier alpha value is -0.290. The van der Waals surface area contributed by atoms with Crippen LogP contribution >= 0.6 is 24.0 Å². The molecule has 0 aromatic carbocycles. The SMILES string of the molecule is C[C@@H](SC(=S)N1CCCCC1)C(=O)O. The van der Waals surface area contributed by atoms with Crippen molar-refractivity contribution in [3.05, 3.63) is 0 Å². The molecular formula is C9H15NO2S2. The van der Waals surface area contributed by atoms with Crippen molar-refractivity contribution in [2.75, 3.05) is 13.1 Å². The highest BCUT2D eigenvalue weighted by Gasteiger charge is 2.19. The molecule has 14 heavy (non-hydrogen) atoms. The third-order valence-corrected chi connectivity index (χ3v) is 3.80. The summed E-state index contributed by atoms with van der Waals surface area (Å²) in [6.07, 6.45) is 3.60. The number of nitrogens with zero attached hydrogens (tertiary/aromatic N) is 1. The lowest BCUT2D eigenvalue weighted by atomic mass is 10.1. The molecule has 80 valence electrons. The molecule has 0 unspecified atom stereocenters. The van der Waals surface area contributed by atoms with Crippen LogP contribution in [-0.4, -0.2) is 38.6 Å². The molecule has 0 aromatic heterocycles. The number of thiocarbonyl (C=S) groups is 1. The molecule has 1 saturated heterocycles. The molecule has 0 spiro atoms. The van der Waals surface area contributed by atoms with E-state index in [2.05, 4.69) is 4.90 Å². The third kappa shape index (κ3) is 3.46. The first-order chi connectivity index (χ1) is 6.61. The van der Waals surface area contributed by atoms with Crippen molar-refractivity contribution < 1.29 is 9.90 Å². The van der Waals surface area contributed by atoms with Gasteiger partial charge in [-0.2, -0.15) is 0 Å². The van der Waals surface area contributed by atoms with Gasteiger partial charge in [-0.05, 0) is 26.2 Å². The number of hydrogen-bond donors (Lipinski definition) is 1. The van der Waals surface area contributed by atoms with Gasteiger partial charge in [-0.25, -0.2) is 0 Å². The molecule has 0 amide bonds. The van der Waals surface area contributed by atoms with Gasteiger partial charge in [-0.15, -0.1) is 0 Å². The lowest BCUT2D eigenvalue weighted by Gasteiger charge is -2.29. The number of carboxylic acid groups (broad SMARTS) is 1. The van der Waals surface area contributed by atoms with E-state index in [1.54, 1.807) is 6.92 Å². The smallest absolute Gasteiger partial charge is 0.316 e. The van der Waals surface area contributed by atoms with Gasteiger partial charge in [0.2, 0.25) is 0 Å². The van der Waals surface area contributed by atoms with E-state index >= 15 is 0 Å². The molecule has 0 saturated carbocycles. The Labute approximate surface area is 93.9 Å². The summed E-state index contributed by atoms with van der Waals surface area (Å²) in [6.45, 7) is 3.64. The Morgan fingerprint density at radius 2 is 2.00 bits per heavy atom. The second kappa shape index (κ2) is 5.56. The minimum atomic E-state index is -0.797. The highest BCUT2D eigenvalue weighted by atomic mass is 32.2. The largest absolute Gasteiger partial charge is 0.480 e. The average molecular weight is 233 g/mol. The molecule has 1 aliphatic heterocycles. The van der Waals surface area contributed by atoms with E-state index in [0.717, 1.165) is 17.4 Å². The van der Waals surface area contributed by atoms with Gasteiger partial charge in [0.25, 0.3) is 0 Å². The van der Waals surface area contributed by atoms with E-state index in [0.29, 0.717) is 0 Å². The van der Waals surface area contributed by atoms with E-state index in [1.165, 1.54) is 31.0 Å². The fraction of sp³-hybridized carbons (Fsp3) is 0.778. The first-order valence-electron chi connectivity index (χ1n) is 4.79. The van der Waals surface area contributed by atoms with Crippen molar-refractivity contribution in [3.63, 3.8) is 0 Å². The average Bonchev–Trinajstić information content (AvgIpc) is 2.19. The number of thioether (sulfide) groups is 1. The second-order valence-corrected chi connectivity index (χ2v) is 5.39. The van der Waals surface area contributed by atoms with E-state index in [1.807, 2.05) is 0 Å². The third-order valence-electron chi connectivity index (χ3n) is 2.24. The van der Waals surface area contributed by atoms with Crippen LogP contribution in [0, 0.1) is 0 Å². The van der Waals surface area contributed by atoms with Crippen molar-refractivity contribution in [3.8, 4) is 0 Å². The maximum Gasteiger partial charge on any atom is 0.316 e. The monoisotopic (exact) mass is 233 g/mol. The molecular weight excluding hydrogens is 218 g/mol. The van der Waals surface area contributed by atoms with Gasteiger partial charge >= 0.3 is 5.97 Å². The summed E-state index contributed by atoms with van der Waals surface area (Å²) in [4.78, 5) is 12.7. The standard InChI is InChI=1S/C9H15NO2S2/c1-7(8(11)12)14-9(13)10-5-3-2-4-6-10/h7H,2-6H2,1H3,(H,11,12)/t7-/m1/s1. The van der Waals surface area contributed by atoms with Gasteiger partial charge in [-0.1, -0.05) is 24.0 Å². The fourth-order valence-electron chi connectivity index (χ4n) is 1.35. The fourth-order valence-corrected chi connectivity index (χ4v) is 2.70. The molecule has 1 rings (SSSR count). The summed E-state index contributed by atoms with van der Waals surface area (Å²) in [5, 5.41) is 8.29. The van der Waals surface area contributed by atoms with Crippen LogP contribution in [0.5, 0.6) is 0 Å². The summed E-state index contributed by atoms with van der Waals surface area (Å²) in [5.74, 6) is -0.797. The van der Waals surface area contributed by atoms with Crippen molar-refractivity contribution >= 4 is 34.3 Å². The number of aliphatic carboxylic acids is 1. The van der Waals surface area contributed by atoms with Crippen LogP contribution in [0.25, 0.3) is 0 Å². The Bertz CT molecular complexity index is 227. The highest BCUT2D eigenvalue weighted by molar-refractivity contribution is 8.23. The molecule has 1 N–H and O–H groups in total. The summed E-state index contributed by atoms with van der Waals surface area (Å²) < 4.78 is 0.736. The molecule has 1 atom stereocenters. The topological polar surface area (TPSA) is 40.5 Å². The van der Waals surface area contributed by atoms with Crippen molar-refractivity contribution in [1.82, 2.24) is 4.90 Å². The number of carboxylic acids is 1. The molecule has 1 fully saturated rings. The summed E-state index contributed by atoms with van der Waals surface area (Å²) in [6, 6.07) is 0. The molecule has 5 heteroatoms. The minimum absolute atomic E-state index is 0.440. The summed E-state index contributed by atoms with van der Waals surface area (Å²) >= 11 is 6.47. The molecule has 3 nitrogen and oxygen atoms in total. The Morgan fingerprint density at radius 1 is 1.43 bits per heavy atom. The first kappa shape index (κ1) is 11.8. The maximum atomic E-state index is 10.6. The minimum Gasteiger partial charge on any atom is -0.480 e. The van der Waals surface area contributed by atoms with Crippen LogP contribution in [0.4, 0.5) is 0 Å². The molecule has 1 heterocycles. The number of likely N-dealkylation sites (tertiary alicyclic amines) is 1. The quantitative estimate of drug-likeness (QED) is 0.738. The molecule has 0 radical (unpaired) electrons. The van der Waals surface area contributed by atoms with Crippen molar-refractivity contribution in [1.29, 1.82) is 0 Å². The van der Waals surface area contributed by atoms with Gasteiger partial charge in [0.15, 0.2) is 0 Å². The molecule has 0 aromatic rings. The normalized spacial score (nSPS) is 19.1. The first-order valence-corrected chi connectivity index (χ1v) is 6.08. The van der Waals surface area contributed by atoms with Crippen molar-refractivity contribution in [2.45, 2.75) is 31.4 Å². The van der Waals surface area contributed by atoms with Gasteiger partial charge in [0.1, 0.15) is 9.57 Å². The molecule has 0 aliphatic carbocycles. The Morgan fingerprint density at radius 3 is 2.50 bits per heavy atom.